The van der Waals surface area contributed by atoms with Gasteiger partial charge in [-0.15, -0.1) is 0 Å². The van der Waals surface area contributed by atoms with Crippen molar-refractivity contribution in [1.29, 1.82) is 0 Å². The number of nitrogens with zero attached hydrogens (tertiary/aromatic N) is 3. The van der Waals surface area contributed by atoms with Crippen molar-refractivity contribution in [3.63, 3.8) is 0 Å². The lowest BCUT2D eigenvalue weighted by Gasteiger charge is -2.11. The number of carbonyl (C=O) groups is 1. The maximum Gasteiger partial charge on any atom is 0.279 e. The third-order valence-electron chi connectivity index (χ3n) is 4.75. The molecule has 3 rings (SSSR count). The Balaban J connectivity index is 1.88. The lowest BCUT2D eigenvalue weighted by atomic mass is 10.1. The van der Waals surface area contributed by atoms with Gasteiger partial charge in [0.2, 0.25) is 0 Å². The molecule has 0 saturated heterocycles. The van der Waals surface area contributed by atoms with Gasteiger partial charge in [-0.3, -0.25) is 9.48 Å². The van der Waals surface area contributed by atoms with Crippen LogP contribution in [0.1, 0.15) is 44.6 Å². The van der Waals surface area contributed by atoms with Crippen LogP contribution in [0.15, 0.2) is 40.5 Å². The zero-order valence-electron chi connectivity index (χ0n) is 17.0. The van der Waals surface area contributed by atoms with Crippen molar-refractivity contribution < 1.29 is 18.0 Å². The van der Waals surface area contributed by atoms with Crippen molar-refractivity contribution >= 4 is 38.9 Å². The fraction of sp³-hybridized carbons (Fsp3) is 0.450. The van der Waals surface area contributed by atoms with E-state index in [0.29, 0.717) is 11.4 Å². The molecule has 1 aromatic carbocycles. The number of halogens is 1. The Morgan fingerprint density at radius 3 is 2.70 bits per heavy atom. The molecule has 162 valence electrons. The van der Waals surface area contributed by atoms with Gasteiger partial charge in [0.1, 0.15) is 6.10 Å². The molecule has 30 heavy (non-hydrogen) atoms. The highest BCUT2D eigenvalue weighted by Crippen LogP contribution is 2.25. The molecule has 1 aliphatic rings. The van der Waals surface area contributed by atoms with E-state index >= 15 is 0 Å². The van der Waals surface area contributed by atoms with E-state index in [-0.39, 0.29) is 21.7 Å². The van der Waals surface area contributed by atoms with Gasteiger partial charge in [-0.25, -0.2) is 8.42 Å². The number of sulfone groups is 1. The van der Waals surface area contributed by atoms with Gasteiger partial charge in [-0.1, -0.05) is 29.7 Å². The number of aryl methyl sites for hydroxylation is 1. The normalized spacial score (nSPS) is 15.4. The van der Waals surface area contributed by atoms with Crippen LogP contribution in [0.3, 0.4) is 0 Å². The molecule has 2 aromatic rings. The molecule has 0 aliphatic heterocycles. The molecule has 1 saturated carbocycles. The van der Waals surface area contributed by atoms with Crippen LogP contribution in [-0.2, 0) is 26.0 Å². The number of oxime groups is 1. The number of carbonyl (C=O) groups excluding carboxylic acids is 1. The summed E-state index contributed by atoms with van der Waals surface area (Å²) in [7, 11) is -3.49. The Morgan fingerprint density at radius 2 is 2.07 bits per heavy atom. The van der Waals surface area contributed by atoms with Crippen LogP contribution in [0.5, 0.6) is 0 Å². The molecule has 8 nitrogen and oxygen atoms in total. The highest BCUT2D eigenvalue weighted by Gasteiger charge is 2.22. The van der Waals surface area contributed by atoms with E-state index in [1.54, 1.807) is 16.9 Å². The fourth-order valence-electron chi connectivity index (χ4n) is 3.25. The SMILES string of the molecule is CCCn1ccc(NC(=O)C(=NOC2CCCC2)c2ccc(S(C)(=O)=O)c(Cl)c2)n1. The van der Waals surface area contributed by atoms with Gasteiger partial charge >= 0.3 is 0 Å². The molecule has 1 amide bonds. The standard InChI is InChI=1S/C20H25ClN4O4S/c1-3-11-25-12-10-18(23-25)22-20(26)19(24-29-15-6-4-5-7-15)14-8-9-17(16(21)13-14)30(2,27)28/h8-10,12-13,15H,3-7,11H2,1-2H3,(H,22,23,26). The van der Waals surface area contributed by atoms with Gasteiger partial charge in [0.15, 0.2) is 21.4 Å². The van der Waals surface area contributed by atoms with Crippen LogP contribution in [0, 0.1) is 0 Å². The minimum Gasteiger partial charge on any atom is -0.392 e. The van der Waals surface area contributed by atoms with Crippen molar-refractivity contribution in [3.8, 4) is 0 Å². The number of anilines is 1. The molecule has 1 aromatic heterocycles. The Bertz CT molecular complexity index is 1040. The lowest BCUT2D eigenvalue weighted by Crippen LogP contribution is -2.25. The molecule has 0 unspecified atom stereocenters. The van der Waals surface area contributed by atoms with Crippen molar-refractivity contribution in [2.24, 2.45) is 5.16 Å². The smallest absolute Gasteiger partial charge is 0.279 e. The van der Waals surface area contributed by atoms with Crippen molar-refractivity contribution in [1.82, 2.24) is 9.78 Å². The average Bonchev–Trinajstić information content (AvgIpc) is 3.33. The fourth-order valence-corrected chi connectivity index (χ4v) is 4.58. The topological polar surface area (TPSA) is 103 Å². The predicted octanol–water partition coefficient (Wildman–Crippen LogP) is 3.65. The van der Waals surface area contributed by atoms with Gasteiger partial charge in [0, 0.05) is 30.6 Å². The van der Waals surface area contributed by atoms with Crippen LogP contribution in [-0.4, -0.2) is 42.2 Å². The number of hydrogen-bond acceptors (Lipinski definition) is 6. The van der Waals surface area contributed by atoms with Crippen LogP contribution in [0.4, 0.5) is 5.82 Å². The first-order chi connectivity index (χ1) is 14.3. The second-order valence-corrected chi connectivity index (χ2v) is 9.68. The highest BCUT2D eigenvalue weighted by molar-refractivity contribution is 7.90. The minimum atomic E-state index is -3.49. The van der Waals surface area contributed by atoms with E-state index in [9.17, 15) is 13.2 Å². The largest absolute Gasteiger partial charge is 0.392 e. The second kappa shape index (κ2) is 9.61. The molecule has 0 radical (unpaired) electrons. The highest BCUT2D eigenvalue weighted by atomic mass is 35.5. The van der Waals surface area contributed by atoms with E-state index in [2.05, 4.69) is 15.6 Å². The monoisotopic (exact) mass is 452 g/mol. The molecule has 10 heteroatoms. The minimum absolute atomic E-state index is 0.00823. The van der Waals surface area contributed by atoms with Crippen LogP contribution in [0.25, 0.3) is 0 Å². The summed E-state index contributed by atoms with van der Waals surface area (Å²) in [5.74, 6) is -0.126. The lowest BCUT2D eigenvalue weighted by molar-refractivity contribution is -0.110. The summed E-state index contributed by atoms with van der Waals surface area (Å²) in [6, 6.07) is 5.96. The summed E-state index contributed by atoms with van der Waals surface area (Å²) in [4.78, 5) is 18.5. The maximum absolute atomic E-state index is 12.9. The number of rotatable bonds is 8. The molecule has 1 fully saturated rings. The first kappa shape index (κ1) is 22.3. The summed E-state index contributed by atoms with van der Waals surface area (Å²) in [6.45, 7) is 2.78. The third kappa shape index (κ3) is 5.60. The van der Waals surface area contributed by atoms with Crippen LogP contribution >= 0.6 is 11.6 Å². The van der Waals surface area contributed by atoms with Crippen LogP contribution in [0.2, 0.25) is 5.02 Å². The van der Waals surface area contributed by atoms with E-state index in [4.69, 9.17) is 16.4 Å². The summed E-state index contributed by atoms with van der Waals surface area (Å²) in [6.07, 6.45) is 7.62. The Morgan fingerprint density at radius 1 is 1.33 bits per heavy atom. The van der Waals surface area contributed by atoms with Gasteiger partial charge in [0.05, 0.1) is 9.92 Å². The summed E-state index contributed by atoms with van der Waals surface area (Å²) >= 11 is 6.17. The Labute approximate surface area is 181 Å². The zero-order valence-corrected chi connectivity index (χ0v) is 18.5. The van der Waals surface area contributed by atoms with Gasteiger partial charge in [0.25, 0.3) is 5.91 Å². The number of aromatic nitrogens is 2. The van der Waals surface area contributed by atoms with E-state index in [1.807, 2.05) is 6.92 Å². The van der Waals surface area contributed by atoms with E-state index < -0.39 is 15.7 Å². The maximum atomic E-state index is 12.9. The molecule has 0 atom stereocenters. The van der Waals surface area contributed by atoms with Crippen LogP contribution < -0.4 is 5.32 Å². The molecule has 1 heterocycles. The number of hydrogen-bond donors (Lipinski definition) is 1. The second-order valence-electron chi connectivity index (χ2n) is 7.29. The van der Waals surface area contributed by atoms with Crippen molar-refractivity contribution in [3.05, 3.63) is 41.0 Å². The van der Waals surface area contributed by atoms with Gasteiger partial charge in [-0.05, 0) is 44.2 Å². The summed E-state index contributed by atoms with van der Waals surface area (Å²) < 4.78 is 25.4. The molecule has 0 spiro atoms. The van der Waals surface area contributed by atoms with Gasteiger partial charge < -0.3 is 10.2 Å². The molecule has 1 aliphatic carbocycles. The van der Waals surface area contributed by atoms with E-state index in [0.717, 1.165) is 44.9 Å². The van der Waals surface area contributed by atoms with Crippen molar-refractivity contribution in [2.75, 3.05) is 11.6 Å². The molecule has 0 bridgehead atoms. The summed E-state index contributed by atoms with van der Waals surface area (Å²) in [5, 5.41) is 11.1. The number of nitrogens with one attached hydrogen (secondary N) is 1. The number of amides is 1. The summed E-state index contributed by atoms with van der Waals surface area (Å²) in [5.41, 5.74) is 0.366. The zero-order chi connectivity index (χ0) is 21.7. The Kier molecular flexibility index (Phi) is 7.14. The van der Waals surface area contributed by atoms with Crippen molar-refractivity contribution in [2.45, 2.75) is 56.6 Å². The first-order valence-electron chi connectivity index (χ1n) is 9.86. The number of benzene rings is 1. The average molecular weight is 453 g/mol. The third-order valence-corrected chi connectivity index (χ3v) is 6.33. The molecule has 1 N–H and O–H groups in total. The molecular formula is C20H25ClN4O4S. The predicted molar refractivity (Wildman–Crippen MR) is 116 cm³/mol. The van der Waals surface area contributed by atoms with E-state index in [1.165, 1.54) is 18.2 Å². The molecular weight excluding hydrogens is 428 g/mol. The first-order valence-corrected chi connectivity index (χ1v) is 12.1. The quantitative estimate of drug-likeness (QED) is 0.486. The van der Waals surface area contributed by atoms with Gasteiger partial charge in [-0.2, -0.15) is 5.10 Å². The Hall–Kier alpha value is -2.39.